The summed E-state index contributed by atoms with van der Waals surface area (Å²) in [5, 5.41) is -0.344. The number of hydrogen-bond acceptors (Lipinski definition) is 3. The Balaban J connectivity index is 2.02. The molecule has 1 heterocycles. The van der Waals surface area contributed by atoms with E-state index in [1.807, 2.05) is 48.5 Å². The lowest BCUT2D eigenvalue weighted by Gasteiger charge is -2.27. The van der Waals surface area contributed by atoms with Crippen LogP contribution in [0.2, 0.25) is 0 Å². The molecule has 0 amide bonds. The highest BCUT2D eigenvalue weighted by atomic mass is 35.5. The number of carbonyl (C=O) groups excluding carboxylic acids is 1. The second kappa shape index (κ2) is 5.27. The van der Waals surface area contributed by atoms with Gasteiger partial charge in [-0.3, -0.25) is 4.79 Å². The normalized spacial score (nSPS) is 15.1. The van der Waals surface area contributed by atoms with Gasteiger partial charge in [-0.1, -0.05) is 42.5 Å². The molecule has 4 heteroatoms. The number of anilines is 1. The molecule has 0 saturated carbocycles. The van der Waals surface area contributed by atoms with E-state index in [0.29, 0.717) is 0 Å². The summed E-state index contributed by atoms with van der Waals surface area (Å²) in [6, 6.07) is 17.4. The molecule has 0 radical (unpaired) electrons. The monoisotopic (exact) mass is 289 g/mol. The molecule has 0 aliphatic carbocycles. The average Bonchev–Trinajstić information content (AvgIpc) is 2.84. The minimum Gasteiger partial charge on any atom is -0.346 e. The molecule has 0 saturated heterocycles. The second-order valence-corrected chi connectivity index (χ2v) is 5.69. The van der Waals surface area contributed by atoms with Crippen molar-refractivity contribution in [2.75, 3.05) is 10.8 Å². The first-order chi connectivity index (χ1) is 9.27. The summed E-state index contributed by atoms with van der Waals surface area (Å²) in [6.07, 6.45) is 0. The molecular weight excluding hydrogens is 278 g/mol. The Morgan fingerprint density at radius 2 is 1.79 bits per heavy atom. The van der Waals surface area contributed by atoms with Gasteiger partial charge in [0.1, 0.15) is 6.04 Å². The summed E-state index contributed by atoms with van der Waals surface area (Å²) in [7, 11) is 0. The van der Waals surface area contributed by atoms with Crippen molar-refractivity contribution in [2.45, 2.75) is 10.9 Å². The Morgan fingerprint density at radius 3 is 2.53 bits per heavy atom. The van der Waals surface area contributed by atoms with Crippen molar-refractivity contribution in [3.63, 3.8) is 0 Å². The van der Waals surface area contributed by atoms with E-state index >= 15 is 0 Å². The van der Waals surface area contributed by atoms with Gasteiger partial charge in [-0.15, -0.1) is 11.8 Å². The standard InChI is InChI=1S/C15H12ClNOS/c16-15(18)14(11-6-2-1-3-7-11)17-10-19-13-9-5-4-8-12(13)17/h1-9,14H,10H2. The molecule has 0 fully saturated rings. The van der Waals surface area contributed by atoms with E-state index in [2.05, 4.69) is 11.0 Å². The number of hydrogen-bond donors (Lipinski definition) is 0. The molecule has 0 aromatic heterocycles. The molecule has 1 aliphatic rings. The molecule has 1 unspecified atom stereocenters. The van der Waals surface area contributed by atoms with Crippen LogP contribution in [0.3, 0.4) is 0 Å². The predicted molar refractivity (Wildman–Crippen MR) is 79.7 cm³/mol. The number of para-hydroxylation sites is 1. The van der Waals surface area contributed by atoms with Crippen LogP contribution in [0.25, 0.3) is 0 Å². The summed E-state index contributed by atoms with van der Waals surface area (Å²) in [4.78, 5) is 15.1. The topological polar surface area (TPSA) is 20.3 Å². The van der Waals surface area contributed by atoms with Crippen LogP contribution in [0.5, 0.6) is 0 Å². The lowest BCUT2D eigenvalue weighted by molar-refractivity contribution is -0.112. The summed E-state index contributed by atoms with van der Waals surface area (Å²) >= 11 is 7.57. The van der Waals surface area contributed by atoms with Gasteiger partial charge >= 0.3 is 0 Å². The lowest BCUT2D eigenvalue weighted by atomic mass is 10.1. The maximum atomic E-state index is 11.9. The molecular formula is C15H12ClNOS. The fraction of sp³-hybridized carbons (Fsp3) is 0.133. The average molecular weight is 290 g/mol. The van der Waals surface area contributed by atoms with Crippen molar-refractivity contribution in [3.8, 4) is 0 Å². The summed E-state index contributed by atoms with van der Waals surface area (Å²) in [5.74, 6) is 0.747. The van der Waals surface area contributed by atoms with E-state index < -0.39 is 6.04 Å². The molecule has 1 aliphatic heterocycles. The first-order valence-electron chi connectivity index (χ1n) is 6.00. The molecule has 96 valence electrons. The number of thioether (sulfide) groups is 1. The Labute approximate surface area is 121 Å². The number of carbonyl (C=O) groups is 1. The van der Waals surface area contributed by atoms with Crippen LogP contribution in [0.15, 0.2) is 59.5 Å². The number of benzene rings is 2. The molecule has 2 aromatic rings. The van der Waals surface area contributed by atoms with E-state index in [4.69, 9.17) is 11.6 Å². The molecule has 0 bridgehead atoms. The molecule has 1 atom stereocenters. The van der Waals surface area contributed by atoms with Gasteiger partial charge in [0.25, 0.3) is 0 Å². The van der Waals surface area contributed by atoms with Gasteiger partial charge in [-0.05, 0) is 29.3 Å². The third-order valence-corrected chi connectivity index (χ3v) is 4.45. The quantitative estimate of drug-likeness (QED) is 0.795. The van der Waals surface area contributed by atoms with Gasteiger partial charge in [0, 0.05) is 4.90 Å². The van der Waals surface area contributed by atoms with Crippen LogP contribution in [0.4, 0.5) is 5.69 Å². The fourth-order valence-corrected chi connectivity index (χ4v) is 3.63. The molecule has 2 nitrogen and oxygen atoms in total. The predicted octanol–water partition coefficient (Wildman–Crippen LogP) is 4.06. The van der Waals surface area contributed by atoms with Crippen LogP contribution < -0.4 is 4.90 Å². The number of fused-ring (bicyclic) bond motifs is 1. The van der Waals surface area contributed by atoms with Crippen LogP contribution in [-0.2, 0) is 4.79 Å². The van der Waals surface area contributed by atoms with E-state index in [0.717, 1.165) is 17.1 Å². The van der Waals surface area contributed by atoms with Crippen molar-refractivity contribution in [1.29, 1.82) is 0 Å². The van der Waals surface area contributed by atoms with Crippen molar-refractivity contribution < 1.29 is 4.79 Å². The highest BCUT2D eigenvalue weighted by molar-refractivity contribution is 7.99. The molecule has 2 aromatic carbocycles. The fourth-order valence-electron chi connectivity index (χ4n) is 2.31. The number of nitrogens with zero attached hydrogens (tertiary/aromatic N) is 1. The van der Waals surface area contributed by atoms with E-state index in [1.54, 1.807) is 11.8 Å². The third kappa shape index (κ3) is 2.36. The highest BCUT2D eigenvalue weighted by Crippen LogP contribution is 2.43. The summed E-state index contributed by atoms with van der Waals surface area (Å²) in [6.45, 7) is 0. The number of halogens is 1. The van der Waals surface area contributed by atoms with Crippen molar-refractivity contribution in [1.82, 2.24) is 0 Å². The van der Waals surface area contributed by atoms with Gasteiger partial charge in [0.15, 0.2) is 0 Å². The zero-order valence-corrected chi connectivity index (χ0v) is 11.7. The van der Waals surface area contributed by atoms with Crippen LogP contribution in [0.1, 0.15) is 11.6 Å². The van der Waals surface area contributed by atoms with Crippen molar-refractivity contribution in [3.05, 3.63) is 60.2 Å². The smallest absolute Gasteiger partial charge is 0.248 e. The molecule has 0 N–H and O–H groups in total. The van der Waals surface area contributed by atoms with E-state index in [9.17, 15) is 4.79 Å². The third-order valence-electron chi connectivity index (χ3n) is 3.18. The minimum atomic E-state index is -0.418. The zero-order chi connectivity index (χ0) is 13.2. The molecule has 3 rings (SSSR count). The zero-order valence-electron chi connectivity index (χ0n) is 10.1. The van der Waals surface area contributed by atoms with Gasteiger partial charge in [-0.25, -0.2) is 0 Å². The largest absolute Gasteiger partial charge is 0.346 e. The van der Waals surface area contributed by atoms with Crippen LogP contribution >= 0.6 is 23.4 Å². The maximum absolute atomic E-state index is 11.9. The SMILES string of the molecule is O=C(Cl)C(c1ccccc1)N1CSc2ccccc21. The van der Waals surface area contributed by atoms with Gasteiger partial charge in [0.05, 0.1) is 11.6 Å². The highest BCUT2D eigenvalue weighted by Gasteiger charge is 2.31. The first kappa shape index (κ1) is 12.6. The molecule has 19 heavy (non-hydrogen) atoms. The Hall–Kier alpha value is -1.45. The van der Waals surface area contributed by atoms with E-state index in [1.165, 1.54) is 4.90 Å². The lowest BCUT2D eigenvalue weighted by Crippen LogP contribution is -2.29. The summed E-state index contributed by atoms with van der Waals surface area (Å²) in [5.41, 5.74) is 2.01. The maximum Gasteiger partial charge on any atom is 0.248 e. The van der Waals surface area contributed by atoms with Crippen molar-refractivity contribution >= 4 is 34.3 Å². The second-order valence-electron chi connectivity index (χ2n) is 4.33. The first-order valence-corrected chi connectivity index (χ1v) is 7.36. The van der Waals surface area contributed by atoms with Gasteiger partial charge in [0.2, 0.25) is 5.24 Å². The summed E-state index contributed by atoms with van der Waals surface area (Å²) < 4.78 is 0. The number of rotatable bonds is 3. The van der Waals surface area contributed by atoms with E-state index in [-0.39, 0.29) is 5.24 Å². The van der Waals surface area contributed by atoms with Gasteiger partial charge in [-0.2, -0.15) is 0 Å². The Morgan fingerprint density at radius 1 is 1.11 bits per heavy atom. The van der Waals surface area contributed by atoms with Gasteiger partial charge < -0.3 is 4.90 Å². The Bertz CT molecular complexity index is 602. The van der Waals surface area contributed by atoms with Crippen molar-refractivity contribution in [2.24, 2.45) is 0 Å². The minimum absolute atomic E-state index is 0.344. The Kier molecular flexibility index (Phi) is 3.49. The van der Waals surface area contributed by atoms with Crippen LogP contribution in [0, 0.1) is 0 Å². The molecule has 0 spiro atoms. The van der Waals surface area contributed by atoms with Crippen LogP contribution in [-0.4, -0.2) is 11.1 Å².